The molecule has 14 heavy (non-hydrogen) atoms. The zero-order valence-corrected chi connectivity index (χ0v) is 10.6. The van der Waals surface area contributed by atoms with E-state index < -0.39 is 0 Å². The molecule has 3 N–H and O–H groups in total. The standard InChI is InChI=1S/C9H15IN4/c1-9(2,11)3-4-13-8-7(10)5-12-6-14-8/h5-6H,3-4,11H2,1-2H3,(H,12,13,14). The average molecular weight is 306 g/mol. The predicted octanol–water partition coefficient (Wildman–Crippen LogP) is 1.62. The van der Waals surface area contributed by atoms with Crippen LogP contribution in [-0.4, -0.2) is 22.1 Å². The molecule has 0 amide bonds. The number of anilines is 1. The molecular formula is C9H15IN4. The Bertz CT molecular complexity index is 295. The summed E-state index contributed by atoms with van der Waals surface area (Å²) in [4.78, 5) is 8.05. The van der Waals surface area contributed by atoms with E-state index in [2.05, 4.69) is 37.9 Å². The summed E-state index contributed by atoms with van der Waals surface area (Å²) < 4.78 is 1.03. The number of hydrogen-bond donors (Lipinski definition) is 2. The highest BCUT2D eigenvalue weighted by Gasteiger charge is 2.09. The first-order valence-electron chi connectivity index (χ1n) is 4.47. The third kappa shape index (κ3) is 4.19. The smallest absolute Gasteiger partial charge is 0.142 e. The first-order chi connectivity index (χ1) is 6.49. The van der Waals surface area contributed by atoms with Crippen molar-refractivity contribution in [2.45, 2.75) is 25.8 Å². The van der Waals surface area contributed by atoms with Crippen LogP contribution in [0.2, 0.25) is 0 Å². The fourth-order valence-electron chi connectivity index (χ4n) is 0.946. The van der Waals surface area contributed by atoms with Gasteiger partial charge in [-0.3, -0.25) is 0 Å². The first-order valence-corrected chi connectivity index (χ1v) is 5.55. The fourth-order valence-corrected chi connectivity index (χ4v) is 1.44. The zero-order chi connectivity index (χ0) is 10.6. The maximum atomic E-state index is 5.86. The van der Waals surface area contributed by atoms with Crippen LogP contribution in [0.3, 0.4) is 0 Å². The van der Waals surface area contributed by atoms with Gasteiger partial charge < -0.3 is 11.1 Å². The lowest BCUT2D eigenvalue weighted by molar-refractivity contribution is 0.490. The molecule has 1 aromatic rings. The Hall–Kier alpha value is -0.430. The first kappa shape index (κ1) is 11.6. The minimum Gasteiger partial charge on any atom is -0.369 e. The molecule has 0 aliphatic carbocycles. The van der Waals surface area contributed by atoms with Gasteiger partial charge in [-0.2, -0.15) is 0 Å². The highest BCUT2D eigenvalue weighted by molar-refractivity contribution is 14.1. The maximum Gasteiger partial charge on any atom is 0.142 e. The van der Waals surface area contributed by atoms with Crippen LogP contribution in [0.5, 0.6) is 0 Å². The molecule has 0 aromatic carbocycles. The minimum atomic E-state index is -0.133. The van der Waals surface area contributed by atoms with Gasteiger partial charge in [-0.15, -0.1) is 0 Å². The molecule has 0 spiro atoms. The van der Waals surface area contributed by atoms with Crippen LogP contribution < -0.4 is 11.1 Å². The lowest BCUT2D eigenvalue weighted by atomic mass is 10.0. The van der Waals surface area contributed by atoms with Gasteiger partial charge >= 0.3 is 0 Å². The quantitative estimate of drug-likeness (QED) is 0.830. The molecule has 0 radical (unpaired) electrons. The molecule has 1 aromatic heterocycles. The minimum absolute atomic E-state index is 0.133. The van der Waals surface area contributed by atoms with Crippen molar-refractivity contribution in [3.63, 3.8) is 0 Å². The Morgan fingerprint density at radius 1 is 1.57 bits per heavy atom. The van der Waals surface area contributed by atoms with E-state index in [0.29, 0.717) is 0 Å². The van der Waals surface area contributed by atoms with Gasteiger partial charge in [0.15, 0.2) is 0 Å². The Balaban J connectivity index is 2.43. The molecule has 1 rings (SSSR count). The summed E-state index contributed by atoms with van der Waals surface area (Å²) in [5.41, 5.74) is 5.73. The van der Waals surface area contributed by atoms with Crippen molar-refractivity contribution in [1.29, 1.82) is 0 Å². The van der Waals surface area contributed by atoms with Crippen LogP contribution in [-0.2, 0) is 0 Å². The van der Waals surface area contributed by atoms with E-state index in [9.17, 15) is 0 Å². The summed E-state index contributed by atoms with van der Waals surface area (Å²) in [6, 6.07) is 0. The zero-order valence-electron chi connectivity index (χ0n) is 8.42. The summed E-state index contributed by atoms with van der Waals surface area (Å²) in [6.45, 7) is 4.86. The molecular weight excluding hydrogens is 291 g/mol. The van der Waals surface area contributed by atoms with Gasteiger partial charge in [0, 0.05) is 18.3 Å². The number of halogens is 1. The predicted molar refractivity (Wildman–Crippen MR) is 66.1 cm³/mol. The van der Waals surface area contributed by atoms with E-state index in [4.69, 9.17) is 5.73 Å². The number of hydrogen-bond acceptors (Lipinski definition) is 4. The maximum absolute atomic E-state index is 5.86. The summed E-state index contributed by atoms with van der Waals surface area (Å²) in [7, 11) is 0. The Morgan fingerprint density at radius 2 is 2.29 bits per heavy atom. The van der Waals surface area contributed by atoms with Gasteiger partial charge in [0.2, 0.25) is 0 Å². The molecule has 0 fully saturated rings. The average Bonchev–Trinajstić information content (AvgIpc) is 2.06. The third-order valence-corrected chi connectivity index (χ3v) is 2.52. The van der Waals surface area contributed by atoms with Crippen molar-refractivity contribution in [1.82, 2.24) is 9.97 Å². The van der Waals surface area contributed by atoms with Crippen molar-refractivity contribution in [2.75, 3.05) is 11.9 Å². The van der Waals surface area contributed by atoms with Crippen LogP contribution in [0.1, 0.15) is 20.3 Å². The Morgan fingerprint density at radius 3 is 2.86 bits per heavy atom. The highest BCUT2D eigenvalue weighted by atomic mass is 127. The van der Waals surface area contributed by atoms with E-state index in [0.717, 1.165) is 22.4 Å². The number of aromatic nitrogens is 2. The van der Waals surface area contributed by atoms with Crippen LogP contribution in [0, 0.1) is 3.57 Å². The highest BCUT2D eigenvalue weighted by Crippen LogP contribution is 2.13. The topological polar surface area (TPSA) is 63.8 Å². The summed E-state index contributed by atoms with van der Waals surface area (Å²) >= 11 is 2.20. The fraction of sp³-hybridized carbons (Fsp3) is 0.556. The molecule has 5 heteroatoms. The van der Waals surface area contributed by atoms with Crippen molar-refractivity contribution in [3.8, 4) is 0 Å². The van der Waals surface area contributed by atoms with E-state index in [1.54, 1.807) is 6.20 Å². The van der Waals surface area contributed by atoms with Crippen LogP contribution in [0.15, 0.2) is 12.5 Å². The normalized spacial score (nSPS) is 11.4. The summed E-state index contributed by atoms with van der Waals surface area (Å²) in [5.74, 6) is 0.879. The van der Waals surface area contributed by atoms with Crippen LogP contribution >= 0.6 is 22.6 Å². The van der Waals surface area contributed by atoms with Gasteiger partial charge in [-0.05, 0) is 42.9 Å². The molecule has 4 nitrogen and oxygen atoms in total. The van der Waals surface area contributed by atoms with E-state index in [1.807, 2.05) is 13.8 Å². The molecule has 0 atom stereocenters. The SMILES string of the molecule is CC(C)(N)CCNc1ncncc1I. The molecule has 0 bridgehead atoms. The molecule has 78 valence electrons. The van der Waals surface area contributed by atoms with Gasteiger partial charge in [-0.1, -0.05) is 0 Å². The van der Waals surface area contributed by atoms with Crippen LogP contribution in [0.4, 0.5) is 5.82 Å². The molecule has 0 unspecified atom stereocenters. The lowest BCUT2D eigenvalue weighted by Gasteiger charge is -2.18. The number of nitrogens with one attached hydrogen (secondary N) is 1. The molecule has 0 saturated heterocycles. The summed E-state index contributed by atoms with van der Waals surface area (Å²) in [6.07, 6.45) is 4.23. The summed E-state index contributed by atoms with van der Waals surface area (Å²) in [5, 5.41) is 3.23. The van der Waals surface area contributed by atoms with Gasteiger partial charge in [-0.25, -0.2) is 9.97 Å². The monoisotopic (exact) mass is 306 g/mol. The second kappa shape index (κ2) is 4.88. The third-order valence-electron chi connectivity index (χ3n) is 1.73. The van der Waals surface area contributed by atoms with Gasteiger partial charge in [0.25, 0.3) is 0 Å². The second-order valence-electron chi connectivity index (χ2n) is 3.88. The van der Waals surface area contributed by atoms with E-state index >= 15 is 0 Å². The largest absolute Gasteiger partial charge is 0.369 e. The molecule has 0 saturated carbocycles. The van der Waals surface area contributed by atoms with Crippen molar-refractivity contribution in [3.05, 3.63) is 16.1 Å². The van der Waals surface area contributed by atoms with Gasteiger partial charge in [0.05, 0.1) is 3.57 Å². The number of rotatable bonds is 4. The number of nitrogens with two attached hydrogens (primary N) is 1. The van der Waals surface area contributed by atoms with Crippen molar-refractivity contribution < 1.29 is 0 Å². The number of nitrogens with zero attached hydrogens (tertiary/aromatic N) is 2. The van der Waals surface area contributed by atoms with Crippen LogP contribution in [0.25, 0.3) is 0 Å². The van der Waals surface area contributed by atoms with Crippen molar-refractivity contribution in [2.24, 2.45) is 5.73 Å². The molecule has 0 aliphatic rings. The Labute approximate surface area is 97.8 Å². The lowest BCUT2D eigenvalue weighted by Crippen LogP contribution is -2.34. The van der Waals surface area contributed by atoms with Gasteiger partial charge in [0.1, 0.15) is 12.1 Å². The van der Waals surface area contributed by atoms with Crippen molar-refractivity contribution >= 4 is 28.4 Å². The molecule has 1 heterocycles. The van der Waals surface area contributed by atoms with E-state index in [-0.39, 0.29) is 5.54 Å². The Kier molecular flexibility index (Phi) is 4.06. The second-order valence-corrected chi connectivity index (χ2v) is 5.05. The molecule has 0 aliphatic heterocycles. The van der Waals surface area contributed by atoms with E-state index in [1.165, 1.54) is 6.33 Å².